The molecule has 2 aromatic rings. The summed E-state index contributed by atoms with van der Waals surface area (Å²) in [6, 6.07) is 9.60. The molecule has 0 amide bonds. The number of halogens is 2. The van der Waals surface area contributed by atoms with Crippen LogP contribution >= 0.6 is 27.5 Å². The van der Waals surface area contributed by atoms with Crippen LogP contribution in [0.15, 0.2) is 41.0 Å². The van der Waals surface area contributed by atoms with Gasteiger partial charge in [-0.25, -0.2) is 4.98 Å². The van der Waals surface area contributed by atoms with E-state index in [4.69, 9.17) is 16.3 Å². The first-order valence-electron chi connectivity index (χ1n) is 5.30. The molecule has 3 nitrogen and oxygen atoms in total. The molecule has 0 unspecified atom stereocenters. The summed E-state index contributed by atoms with van der Waals surface area (Å²) in [5.74, 6) is 1.64. The zero-order valence-electron chi connectivity index (χ0n) is 10.0. The first-order chi connectivity index (χ1) is 8.61. The Morgan fingerprint density at radius 2 is 1.94 bits per heavy atom. The van der Waals surface area contributed by atoms with Gasteiger partial charge in [-0.1, -0.05) is 11.6 Å². The average Bonchev–Trinajstić information content (AvgIpc) is 2.38. The molecule has 0 fully saturated rings. The summed E-state index contributed by atoms with van der Waals surface area (Å²) in [5, 5.41) is 0.605. The summed E-state index contributed by atoms with van der Waals surface area (Å²) in [5.41, 5.74) is 1.02. The molecule has 1 heterocycles. The first kappa shape index (κ1) is 13.2. The van der Waals surface area contributed by atoms with E-state index >= 15 is 0 Å². The summed E-state index contributed by atoms with van der Waals surface area (Å²) >= 11 is 9.34. The number of ether oxygens (including phenoxy) is 1. The Kier molecular flexibility index (Phi) is 4.09. The van der Waals surface area contributed by atoms with Crippen molar-refractivity contribution in [1.82, 2.24) is 4.98 Å². The summed E-state index contributed by atoms with van der Waals surface area (Å²) in [6.07, 6.45) is 1.63. The normalized spacial score (nSPS) is 10.2. The number of pyridine rings is 1. The minimum absolute atomic E-state index is 0.605. The molecule has 2 rings (SSSR count). The van der Waals surface area contributed by atoms with E-state index in [0.29, 0.717) is 5.02 Å². The molecule has 0 saturated heterocycles. The molecule has 5 heteroatoms. The highest BCUT2D eigenvalue weighted by atomic mass is 79.9. The lowest BCUT2D eigenvalue weighted by atomic mass is 10.3. The van der Waals surface area contributed by atoms with Crippen LogP contribution in [0.2, 0.25) is 5.02 Å². The number of hydrogen-bond donors (Lipinski definition) is 0. The van der Waals surface area contributed by atoms with Crippen LogP contribution in [0.3, 0.4) is 0 Å². The molecule has 0 radical (unpaired) electrons. The van der Waals surface area contributed by atoms with Crippen LogP contribution in [-0.4, -0.2) is 19.1 Å². The van der Waals surface area contributed by atoms with Crippen LogP contribution in [0.5, 0.6) is 5.75 Å². The number of rotatable bonds is 3. The molecular weight excluding hydrogens is 316 g/mol. The fourth-order valence-electron chi connectivity index (χ4n) is 1.58. The summed E-state index contributed by atoms with van der Waals surface area (Å²) in [4.78, 5) is 6.28. The van der Waals surface area contributed by atoms with Crippen LogP contribution in [0.25, 0.3) is 0 Å². The number of methoxy groups -OCH3 is 1. The summed E-state index contributed by atoms with van der Waals surface area (Å²) in [6.45, 7) is 0. The van der Waals surface area contributed by atoms with Crippen molar-refractivity contribution in [1.29, 1.82) is 0 Å². The Morgan fingerprint density at radius 3 is 2.50 bits per heavy atom. The summed E-state index contributed by atoms with van der Waals surface area (Å²) < 4.78 is 5.99. The second kappa shape index (κ2) is 5.59. The fourth-order valence-corrected chi connectivity index (χ4v) is 2.49. The van der Waals surface area contributed by atoms with Crippen molar-refractivity contribution in [2.45, 2.75) is 0 Å². The minimum Gasteiger partial charge on any atom is -0.497 e. The molecule has 0 saturated carbocycles. The van der Waals surface area contributed by atoms with Crippen molar-refractivity contribution < 1.29 is 4.74 Å². The van der Waals surface area contributed by atoms with E-state index in [1.807, 2.05) is 42.3 Å². The predicted octanol–water partition coefficient (Wildman–Crippen LogP) is 4.27. The standard InChI is InChI=1S/C13H12BrClN2O/c1-17(10-3-5-11(18-2)6-4-10)13-12(14)7-9(15)8-16-13/h3-8H,1-2H3. The topological polar surface area (TPSA) is 25.4 Å². The van der Waals surface area contributed by atoms with E-state index in [0.717, 1.165) is 21.7 Å². The van der Waals surface area contributed by atoms with E-state index in [1.165, 1.54) is 0 Å². The second-order valence-electron chi connectivity index (χ2n) is 3.72. The molecule has 0 atom stereocenters. The molecular formula is C13H12BrClN2O. The van der Waals surface area contributed by atoms with E-state index < -0.39 is 0 Å². The Bertz CT molecular complexity index is 545. The minimum atomic E-state index is 0.605. The number of nitrogens with zero attached hydrogens (tertiary/aromatic N) is 2. The Balaban J connectivity index is 2.31. The Morgan fingerprint density at radius 1 is 1.28 bits per heavy atom. The van der Waals surface area contributed by atoms with E-state index in [1.54, 1.807) is 13.3 Å². The molecule has 0 aliphatic carbocycles. The van der Waals surface area contributed by atoms with Crippen LogP contribution < -0.4 is 9.64 Å². The molecule has 0 aliphatic heterocycles. The lowest BCUT2D eigenvalue weighted by Gasteiger charge is -2.19. The third-order valence-electron chi connectivity index (χ3n) is 2.57. The van der Waals surface area contributed by atoms with Crippen molar-refractivity contribution in [2.75, 3.05) is 19.1 Å². The maximum absolute atomic E-state index is 5.88. The highest BCUT2D eigenvalue weighted by Crippen LogP contribution is 2.31. The molecule has 18 heavy (non-hydrogen) atoms. The lowest BCUT2D eigenvalue weighted by molar-refractivity contribution is 0.415. The molecule has 0 aliphatic rings. The van der Waals surface area contributed by atoms with Gasteiger partial charge in [0.05, 0.1) is 16.6 Å². The average molecular weight is 328 g/mol. The van der Waals surface area contributed by atoms with Gasteiger partial charge in [0.15, 0.2) is 0 Å². The van der Waals surface area contributed by atoms with Crippen LogP contribution in [0.4, 0.5) is 11.5 Å². The van der Waals surface area contributed by atoms with Gasteiger partial charge < -0.3 is 9.64 Å². The largest absolute Gasteiger partial charge is 0.497 e. The number of aromatic nitrogens is 1. The highest BCUT2D eigenvalue weighted by molar-refractivity contribution is 9.10. The third kappa shape index (κ3) is 2.76. The summed E-state index contributed by atoms with van der Waals surface area (Å²) in [7, 11) is 3.60. The molecule has 1 aromatic heterocycles. The van der Waals surface area contributed by atoms with Crippen molar-refractivity contribution in [3.05, 3.63) is 46.0 Å². The van der Waals surface area contributed by atoms with E-state index in [9.17, 15) is 0 Å². The van der Waals surface area contributed by atoms with Gasteiger partial charge in [-0.15, -0.1) is 0 Å². The van der Waals surface area contributed by atoms with Crippen molar-refractivity contribution in [2.24, 2.45) is 0 Å². The smallest absolute Gasteiger partial charge is 0.147 e. The molecule has 0 N–H and O–H groups in total. The number of hydrogen-bond acceptors (Lipinski definition) is 3. The Hall–Kier alpha value is -1.26. The van der Waals surface area contributed by atoms with Crippen LogP contribution in [-0.2, 0) is 0 Å². The second-order valence-corrected chi connectivity index (χ2v) is 5.01. The number of anilines is 2. The fraction of sp³-hybridized carbons (Fsp3) is 0.154. The molecule has 1 aromatic carbocycles. The zero-order chi connectivity index (χ0) is 13.1. The monoisotopic (exact) mass is 326 g/mol. The van der Waals surface area contributed by atoms with E-state index in [2.05, 4.69) is 20.9 Å². The maximum Gasteiger partial charge on any atom is 0.147 e. The van der Waals surface area contributed by atoms with Crippen molar-refractivity contribution >= 4 is 39.0 Å². The lowest BCUT2D eigenvalue weighted by Crippen LogP contribution is -2.11. The highest BCUT2D eigenvalue weighted by Gasteiger charge is 2.10. The van der Waals surface area contributed by atoms with Gasteiger partial charge in [0.1, 0.15) is 11.6 Å². The zero-order valence-corrected chi connectivity index (χ0v) is 12.4. The number of benzene rings is 1. The first-order valence-corrected chi connectivity index (χ1v) is 6.47. The molecule has 0 spiro atoms. The van der Waals surface area contributed by atoms with E-state index in [-0.39, 0.29) is 0 Å². The quantitative estimate of drug-likeness (QED) is 0.841. The SMILES string of the molecule is COc1ccc(N(C)c2ncc(Cl)cc2Br)cc1. The van der Waals surface area contributed by atoms with Gasteiger partial charge in [-0.05, 0) is 46.3 Å². The molecule has 94 valence electrons. The van der Waals surface area contributed by atoms with Gasteiger partial charge in [0.25, 0.3) is 0 Å². The predicted molar refractivity (Wildman–Crippen MR) is 78.0 cm³/mol. The third-order valence-corrected chi connectivity index (χ3v) is 3.36. The van der Waals surface area contributed by atoms with Gasteiger partial charge >= 0.3 is 0 Å². The van der Waals surface area contributed by atoms with Crippen LogP contribution in [0.1, 0.15) is 0 Å². The van der Waals surface area contributed by atoms with Gasteiger partial charge in [0.2, 0.25) is 0 Å². The maximum atomic E-state index is 5.88. The molecule has 0 bridgehead atoms. The van der Waals surface area contributed by atoms with Gasteiger partial charge in [0, 0.05) is 18.9 Å². The van der Waals surface area contributed by atoms with Gasteiger partial charge in [-0.3, -0.25) is 0 Å². The van der Waals surface area contributed by atoms with Crippen molar-refractivity contribution in [3.63, 3.8) is 0 Å². The van der Waals surface area contributed by atoms with Crippen molar-refractivity contribution in [3.8, 4) is 5.75 Å². The Labute approximate surface area is 119 Å². The van der Waals surface area contributed by atoms with Crippen LogP contribution in [0, 0.1) is 0 Å². The van der Waals surface area contributed by atoms with Gasteiger partial charge in [-0.2, -0.15) is 0 Å².